The Morgan fingerprint density at radius 2 is 2.20 bits per heavy atom. The lowest BCUT2D eigenvalue weighted by Gasteiger charge is -2.43. The van der Waals surface area contributed by atoms with Crippen molar-refractivity contribution in [3.63, 3.8) is 0 Å². The third kappa shape index (κ3) is 2.44. The van der Waals surface area contributed by atoms with Crippen molar-refractivity contribution in [1.29, 1.82) is 0 Å². The van der Waals surface area contributed by atoms with Gasteiger partial charge in [0.05, 0.1) is 0 Å². The quantitative estimate of drug-likeness (QED) is 0.897. The second-order valence-electron chi connectivity index (χ2n) is 7.14. The van der Waals surface area contributed by atoms with Gasteiger partial charge in [0.2, 0.25) is 0 Å². The van der Waals surface area contributed by atoms with E-state index in [1.165, 1.54) is 24.8 Å². The van der Waals surface area contributed by atoms with Gasteiger partial charge in [-0.25, -0.2) is 4.39 Å². The van der Waals surface area contributed by atoms with Crippen molar-refractivity contribution in [1.82, 2.24) is 0 Å². The van der Waals surface area contributed by atoms with Crippen molar-refractivity contribution >= 4 is 5.69 Å². The number of anilines is 1. The van der Waals surface area contributed by atoms with Crippen LogP contribution in [0, 0.1) is 17.2 Å². The minimum absolute atomic E-state index is 0.135. The zero-order valence-electron chi connectivity index (χ0n) is 12.5. The molecular weight excluding hydrogens is 251 g/mol. The van der Waals surface area contributed by atoms with Crippen LogP contribution >= 0.6 is 0 Å². The molecule has 1 fully saturated rings. The molecule has 3 heteroatoms. The van der Waals surface area contributed by atoms with Gasteiger partial charge in [-0.15, -0.1) is 0 Å². The van der Waals surface area contributed by atoms with Gasteiger partial charge in [-0.1, -0.05) is 26.3 Å². The molecule has 1 aromatic carbocycles. The summed E-state index contributed by atoms with van der Waals surface area (Å²) in [7, 11) is 0. The smallest absolute Gasteiger partial charge is 0.125 e. The van der Waals surface area contributed by atoms with E-state index in [0.29, 0.717) is 5.92 Å². The van der Waals surface area contributed by atoms with Crippen molar-refractivity contribution < 1.29 is 4.39 Å². The fourth-order valence-corrected chi connectivity index (χ4v) is 3.90. The van der Waals surface area contributed by atoms with Crippen molar-refractivity contribution in [3.8, 4) is 0 Å². The number of nitrogens with zero attached hydrogens (tertiary/aromatic N) is 1. The Morgan fingerprint density at radius 1 is 1.40 bits per heavy atom. The molecule has 1 aliphatic carbocycles. The molecule has 2 N–H and O–H groups in total. The van der Waals surface area contributed by atoms with Crippen molar-refractivity contribution in [2.75, 3.05) is 18.0 Å². The molecule has 0 radical (unpaired) electrons. The zero-order chi connectivity index (χ0) is 14.3. The van der Waals surface area contributed by atoms with Gasteiger partial charge in [0.15, 0.2) is 0 Å². The molecule has 0 aromatic heterocycles. The summed E-state index contributed by atoms with van der Waals surface area (Å²) in [6, 6.07) is 5.42. The maximum Gasteiger partial charge on any atom is 0.125 e. The molecule has 0 spiro atoms. The first-order valence-corrected chi connectivity index (χ1v) is 7.76. The summed E-state index contributed by atoms with van der Waals surface area (Å²) in [5.41, 5.74) is 9.07. The summed E-state index contributed by atoms with van der Waals surface area (Å²) in [4.78, 5) is 2.34. The molecule has 0 amide bonds. The molecule has 2 unspecified atom stereocenters. The van der Waals surface area contributed by atoms with Gasteiger partial charge < -0.3 is 10.6 Å². The van der Waals surface area contributed by atoms with Gasteiger partial charge in [-0.3, -0.25) is 0 Å². The number of rotatable bonds is 2. The third-order valence-corrected chi connectivity index (χ3v) is 5.30. The largest absolute Gasteiger partial charge is 0.371 e. The highest BCUT2D eigenvalue weighted by atomic mass is 19.1. The van der Waals surface area contributed by atoms with E-state index in [0.717, 1.165) is 25.2 Å². The van der Waals surface area contributed by atoms with Crippen molar-refractivity contribution in [3.05, 3.63) is 29.6 Å². The highest BCUT2D eigenvalue weighted by molar-refractivity contribution is 5.58. The number of fused-ring (bicyclic) bond motifs is 1. The zero-order valence-corrected chi connectivity index (χ0v) is 12.5. The Bertz CT molecular complexity index is 498. The molecule has 2 nitrogen and oxygen atoms in total. The molecule has 1 aromatic rings. The molecule has 1 aliphatic heterocycles. The lowest BCUT2D eigenvalue weighted by atomic mass is 9.68. The lowest BCUT2D eigenvalue weighted by Crippen LogP contribution is -2.50. The monoisotopic (exact) mass is 276 g/mol. The summed E-state index contributed by atoms with van der Waals surface area (Å²) in [6.45, 7) is 6.53. The summed E-state index contributed by atoms with van der Waals surface area (Å²) >= 11 is 0. The van der Waals surface area contributed by atoms with Crippen LogP contribution in [0.25, 0.3) is 0 Å². The van der Waals surface area contributed by atoms with E-state index in [4.69, 9.17) is 5.73 Å². The van der Waals surface area contributed by atoms with Gasteiger partial charge in [-0.2, -0.15) is 0 Å². The molecule has 3 rings (SSSR count). The molecule has 1 heterocycles. The van der Waals surface area contributed by atoms with Gasteiger partial charge in [-0.05, 0) is 48.3 Å². The van der Waals surface area contributed by atoms with Crippen LogP contribution in [0.2, 0.25) is 0 Å². The number of halogens is 1. The van der Waals surface area contributed by atoms with E-state index in [1.807, 2.05) is 6.07 Å². The van der Waals surface area contributed by atoms with E-state index in [2.05, 4.69) is 18.7 Å². The molecule has 2 atom stereocenters. The predicted molar refractivity (Wildman–Crippen MR) is 81.4 cm³/mol. The maximum absolute atomic E-state index is 13.5. The molecule has 2 aliphatic rings. The number of hydrogen-bond donors (Lipinski definition) is 1. The SMILES string of the molecule is CC1(C)CCCC(CN2CCc3ccc(F)cc32)C1N. The second-order valence-corrected chi connectivity index (χ2v) is 7.14. The van der Waals surface area contributed by atoms with Gasteiger partial charge in [0.25, 0.3) is 0 Å². The van der Waals surface area contributed by atoms with Crippen LogP contribution in [0.5, 0.6) is 0 Å². The molecule has 20 heavy (non-hydrogen) atoms. The Morgan fingerprint density at radius 3 is 3.00 bits per heavy atom. The van der Waals surface area contributed by atoms with Gasteiger partial charge >= 0.3 is 0 Å². The van der Waals surface area contributed by atoms with E-state index in [-0.39, 0.29) is 17.3 Å². The van der Waals surface area contributed by atoms with Crippen LogP contribution < -0.4 is 10.6 Å². The Balaban J connectivity index is 1.75. The summed E-state index contributed by atoms with van der Waals surface area (Å²) < 4.78 is 13.5. The normalized spacial score (nSPS) is 28.5. The summed E-state index contributed by atoms with van der Waals surface area (Å²) in [6.07, 6.45) is 4.71. The molecule has 1 saturated carbocycles. The second kappa shape index (κ2) is 5.03. The topological polar surface area (TPSA) is 29.3 Å². The number of hydrogen-bond acceptors (Lipinski definition) is 2. The van der Waals surface area contributed by atoms with Crippen LogP contribution in [-0.4, -0.2) is 19.1 Å². The minimum Gasteiger partial charge on any atom is -0.371 e. The van der Waals surface area contributed by atoms with Gasteiger partial charge in [0.1, 0.15) is 5.82 Å². The van der Waals surface area contributed by atoms with Crippen LogP contribution in [0.1, 0.15) is 38.7 Å². The van der Waals surface area contributed by atoms with Crippen molar-refractivity contribution in [2.24, 2.45) is 17.1 Å². The number of nitrogens with two attached hydrogens (primary N) is 1. The fraction of sp³-hybridized carbons (Fsp3) is 0.647. The maximum atomic E-state index is 13.5. The van der Waals surface area contributed by atoms with E-state index < -0.39 is 0 Å². The molecule has 0 bridgehead atoms. The number of benzene rings is 1. The van der Waals surface area contributed by atoms with Crippen LogP contribution in [0.4, 0.5) is 10.1 Å². The average Bonchev–Trinajstić information content (AvgIpc) is 2.78. The lowest BCUT2D eigenvalue weighted by molar-refractivity contribution is 0.142. The standard InChI is InChI=1S/C17H25FN2/c1-17(2)8-3-4-13(16(17)19)11-20-9-7-12-5-6-14(18)10-15(12)20/h5-6,10,13,16H,3-4,7-9,11,19H2,1-2H3. The minimum atomic E-state index is -0.135. The molecule has 0 saturated heterocycles. The molecule has 110 valence electrons. The predicted octanol–water partition coefficient (Wildman–Crippen LogP) is 3.34. The first-order chi connectivity index (χ1) is 9.47. The van der Waals surface area contributed by atoms with E-state index >= 15 is 0 Å². The first kappa shape index (κ1) is 13.9. The highest BCUT2D eigenvalue weighted by Crippen LogP contribution is 2.39. The van der Waals surface area contributed by atoms with Gasteiger partial charge in [0, 0.05) is 24.8 Å². The van der Waals surface area contributed by atoms with E-state index in [1.54, 1.807) is 12.1 Å². The van der Waals surface area contributed by atoms with Crippen LogP contribution in [-0.2, 0) is 6.42 Å². The first-order valence-electron chi connectivity index (χ1n) is 7.76. The Kier molecular flexibility index (Phi) is 3.49. The van der Waals surface area contributed by atoms with Crippen LogP contribution in [0.3, 0.4) is 0 Å². The average molecular weight is 276 g/mol. The Labute approximate surface area is 121 Å². The highest BCUT2D eigenvalue weighted by Gasteiger charge is 2.37. The van der Waals surface area contributed by atoms with Crippen molar-refractivity contribution in [2.45, 2.75) is 45.6 Å². The summed E-state index contributed by atoms with van der Waals surface area (Å²) in [5, 5.41) is 0. The van der Waals surface area contributed by atoms with Crippen LogP contribution in [0.15, 0.2) is 18.2 Å². The Hall–Kier alpha value is -1.09. The summed E-state index contributed by atoms with van der Waals surface area (Å²) in [5.74, 6) is 0.386. The fourth-order valence-electron chi connectivity index (χ4n) is 3.90. The third-order valence-electron chi connectivity index (χ3n) is 5.30. The molecular formula is C17H25FN2. The van der Waals surface area contributed by atoms with E-state index in [9.17, 15) is 4.39 Å².